The Labute approximate surface area is 121 Å². The van der Waals surface area contributed by atoms with Gasteiger partial charge in [-0.25, -0.2) is 0 Å². The molecule has 1 unspecified atom stereocenters. The van der Waals surface area contributed by atoms with Crippen LogP contribution < -0.4 is 5.32 Å². The maximum Gasteiger partial charge on any atom is 0.0305 e. The maximum atomic E-state index is 3.93. The lowest BCUT2D eigenvalue weighted by molar-refractivity contribution is 0.108. The first-order valence-corrected chi connectivity index (χ1v) is 8.64. The zero-order valence-corrected chi connectivity index (χ0v) is 13.6. The highest BCUT2D eigenvalue weighted by Gasteiger charge is 2.58. The van der Waals surface area contributed by atoms with Gasteiger partial charge in [0, 0.05) is 17.5 Å². The minimum atomic E-state index is 0.469. The maximum absolute atomic E-state index is 3.93. The van der Waals surface area contributed by atoms with Gasteiger partial charge in [-0.1, -0.05) is 27.7 Å². The zero-order chi connectivity index (χ0) is 13.7. The molecule has 2 fully saturated rings. The average molecular weight is 277 g/mol. The first-order valence-electron chi connectivity index (χ1n) is 7.76. The van der Waals surface area contributed by atoms with E-state index in [1.54, 1.807) is 4.88 Å². The van der Waals surface area contributed by atoms with E-state index in [0.717, 1.165) is 18.9 Å². The summed E-state index contributed by atoms with van der Waals surface area (Å²) in [5.41, 5.74) is 2.54. The molecule has 2 aliphatic rings. The lowest BCUT2D eigenvalue weighted by Crippen LogP contribution is -2.49. The summed E-state index contributed by atoms with van der Waals surface area (Å²) in [5, 5.41) is 6.17. The summed E-state index contributed by atoms with van der Waals surface area (Å²) in [6.45, 7) is 10.8. The lowest BCUT2D eigenvalue weighted by Gasteiger charge is -2.43. The van der Waals surface area contributed by atoms with E-state index in [9.17, 15) is 0 Å². The van der Waals surface area contributed by atoms with E-state index in [-0.39, 0.29) is 0 Å². The van der Waals surface area contributed by atoms with E-state index in [1.165, 1.54) is 24.8 Å². The fourth-order valence-electron chi connectivity index (χ4n) is 4.84. The summed E-state index contributed by atoms with van der Waals surface area (Å²) >= 11 is 1.91. The summed E-state index contributed by atoms with van der Waals surface area (Å²) in [4.78, 5) is 1.55. The number of aryl methyl sites for hydroxylation is 1. The molecule has 1 N–H and O–H groups in total. The highest BCUT2D eigenvalue weighted by atomic mass is 32.1. The van der Waals surface area contributed by atoms with Crippen molar-refractivity contribution in [1.82, 2.24) is 5.32 Å². The van der Waals surface area contributed by atoms with Gasteiger partial charge < -0.3 is 5.32 Å². The second-order valence-electron chi connectivity index (χ2n) is 7.45. The van der Waals surface area contributed by atoms with Crippen molar-refractivity contribution in [2.24, 2.45) is 16.7 Å². The summed E-state index contributed by atoms with van der Waals surface area (Å²) in [6.07, 6.45) is 5.46. The van der Waals surface area contributed by atoms with Crippen molar-refractivity contribution in [1.29, 1.82) is 0 Å². The van der Waals surface area contributed by atoms with Crippen LogP contribution in [0, 0.1) is 16.7 Å². The molecule has 106 valence electrons. The SMILES string of the molecule is CCc1ccsc1CNC1C(C)(C)[C@H]2CC[C@]1(C)C2. The lowest BCUT2D eigenvalue weighted by atomic mass is 9.68. The first-order chi connectivity index (χ1) is 8.97. The molecular weight excluding hydrogens is 250 g/mol. The van der Waals surface area contributed by atoms with E-state index < -0.39 is 0 Å². The first kappa shape index (κ1) is 13.6. The van der Waals surface area contributed by atoms with Crippen LogP contribution in [-0.2, 0) is 13.0 Å². The Kier molecular flexibility index (Phi) is 3.30. The highest BCUT2D eigenvalue weighted by Crippen LogP contribution is 2.62. The predicted molar refractivity (Wildman–Crippen MR) is 83.6 cm³/mol. The summed E-state index contributed by atoms with van der Waals surface area (Å²) in [7, 11) is 0. The van der Waals surface area contributed by atoms with E-state index >= 15 is 0 Å². The van der Waals surface area contributed by atoms with Crippen molar-refractivity contribution in [3.05, 3.63) is 21.9 Å². The molecule has 0 radical (unpaired) electrons. The van der Waals surface area contributed by atoms with Crippen LogP contribution in [0.2, 0.25) is 0 Å². The van der Waals surface area contributed by atoms with Crippen molar-refractivity contribution < 1.29 is 0 Å². The molecule has 2 saturated carbocycles. The summed E-state index contributed by atoms with van der Waals surface area (Å²) in [5.74, 6) is 0.934. The Morgan fingerprint density at radius 1 is 1.37 bits per heavy atom. The van der Waals surface area contributed by atoms with Crippen LogP contribution in [0.5, 0.6) is 0 Å². The Balaban J connectivity index is 1.73. The van der Waals surface area contributed by atoms with Crippen LogP contribution in [0.25, 0.3) is 0 Å². The fraction of sp³-hybridized carbons (Fsp3) is 0.765. The topological polar surface area (TPSA) is 12.0 Å². The van der Waals surface area contributed by atoms with Crippen molar-refractivity contribution >= 4 is 11.3 Å². The Hall–Kier alpha value is -0.340. The number of thiophene rings is 1. The largest absolute Gasteiger partial charge is 0.308 e. The molecular formula is C17H27NS. The molecule has 0 saturated heterocycles. The van der Waals surface area contributed by atoms with E-state index in [4.69, 9.17) is 0 Å². The molecule has 0 aromatic carbocycles. The third kappa shape index (κ3) is 2.08. The Morgan fingerprint density at radius 2 is 2.16 bits per heavy atom. The number of fused-ring (bicyclic) bond motifs is 2. The molecule has 3 atom stereocenters. The number of nitrogens with one attached hydrogen (secondary N) is 1. The third-order valence-electron chi connectivity index (χ3n) is 5.96. The van der Waals surface area contributed by atoms with Crippen molar-refractivity contribution in [3.63, 3.8) is 0 Å². The normalized spacial score (nSPS) is 36.0. The molecule has 0 amide bonds. The van der Waals surface area contributed by atoms with Crippen LogP contribution >= 0.6 is 11.3 Å². The van der Waals surface area contributed by atoms with Crippen molar-refractivity contribution in [2.45, 2.75) is 66.0 Å². The zero-order valence-electron chi connectivity index (χ0n) is 12.8. The number of hydrogen-bond donors (Lipinski definition) is 1. The minimum Gasteiger partial charge on any atom is -0.308 e. The summed E-state index contributed by atoms with van der Waals surface area (Å²) in [6, 6.07) is 2.97. The van der Waals surface area contributed by atoms with E-state index in [2.05, 4.69) is 44.5 Å². The van der Waals surface area contributed by atoms with Gasteiger partial charge in [-0.05, 0) is 59.4 Å². The minimum absolute atomic E-state index is 0.469. The molecule has 0 aliphatic heterocycles. The van der Waals surface area contributed by atoms with Gasteiger partial charge in [0.1, 0.15) is 0 Å². The van der Waals surface area contributed by atoms with Gasteiger partial charge in [-0.2, -0.15) is 0 Å². The van der Waals surface area contributed by atoms with Crippen LogP contribution in [-0.4, -0.2) is 6.04 Å². The van der Waals surface area contributed by atoms with Crippen LogP contribution in [0.4, 0.5) is 0 Å². The highest BCUT2D eigenvalue weighted by molar-refractivity contribution is 7.10. The van der Waals surface area contributed by atoms with Crippen LogP contribution in [0.15, 0.2) is 11.4 Å². The van der Waals surface area contributed by atoms with Gasteiger partial charge >= 0.3 is 0 Å². The molecule has 2 aliphatic carbocycles. The second-order valence-corrected chi connectivity index (χ2v) is 8.45. The monoisotopic (exact) mass is 277 g/mol. The van der Waals surface area contributed by atoms with Gasteiger partial charge in [0.25, 0.3) is 0 Å². The fourth-order valence-corrected chi connectivity index (χ4v) is 5.77. The standard InChI is InChI=1S/C17H27NS/c1-5-12-7-9-19-14(12)11-18-15-16(2,3)13-6-8-17(15,4)10-13/h7,9,13,15,18H,5-6,8,10-11H2,1-4H3/t13-,15?,17+/m0/s1. The number of hydrogen-bond acceptors (Lipinski definition) is 2. The molecule has 3 rings (SSSR count). The van der Waals surface area contributed by atoms with Crippen LogP contribution in [0.1, 0.15) is 57.4 Å². The molecule has 2 bridgehead atoms. The molecule has 1 aromatic rings. The molecule has 1 heterocycles. The molecule has 1 aromatic heterocycles. The number of rotatable bonds is 4. The molecule has 1 nitrogen and oxygen atoms in total. The van der Waals surface area contributed by atoms with Gasteiger partial charge in [-0.15, -0.1) is 11.3 Å². The second kappa shape index (κ2) is 4.60. The smallest absolute Gasteiger partial charge is 0.0305 e. The van der Waals surface area contributed by atoms with Gasteiger partial charge in [0.2, 0.25) is 0 Å². The van der Waals surface area contributed by atoms with Crippen molar-refractivity contribution in [3.8, 4) is 0 Å². The van der Waals surface area contributed by atoms with E-state index in [0.29, 0.717) is 16.9 Å². The van der Waals surface area contributed by atoms with Gasteiger partial charge in [-0.3, -0.25) is 0 Å². The molecule has 19 heavy (non-hydrogen) atoms. The Morgan fingerprint density at radius 3 is 2.79 bits per heavy atom. The third-order valence-corrected chi connectivity index (χ3v) is 6.92. The quantitative estimate of drug-likeness (QED) is 0.847. The van der Waals surface area contributed by atoms with Crippen molar-refractivity contribution in [2.75, 3.05) is 0 Å². The predicted octanol–water partition coefficient (Wildman–Crippen LogP) is 4.61. The Bertz CT molecular complexity index is 457. The van der Waals surface area contributed by atoms with Gasteiger partial charge in [0.05, 0.1) is 0 Å². The average Bonchev–Trinajstić information content (AvgIpc) is 2.99. The molecule has 0 spiro atoms. The van der Waals surface area contributed by atoms with Crippen LogP contribution in [0.3, 0.4) is 0 Å². The molecule has 2 heteroatoms. The van der Waals surface area contributed by atoms with E-state index in [1.807, 2.05) is 11.3 Å². The summed E-state index contributed by atoms with van der Waals surface area (Å²) < 4.78 is 0. The van der Waals surface area contributed by atoms with Gasteiger partial charge in [0.15, 0.2) is 0 Å².